The van der Waals surface area contributed by atoms with Crippen molar-refractivity contribution in [3.05, 3.63) is 53.6 Å². The molecule has 0 radical (unpaired) electrons. The predicted octanol–water partition coefficient (Wildman–Crippen LogP) is 1.57. The van der Waals surface area contributed by atoms with E-state index < -0.39 is 17.4 Å². The second-order valence-corrected chi connectivity index (χ2v) is 3.97. The van der Waals surface area contributed by atoms with Crippen LogP contribution in [-0.4, -0.2) is 27.4 Å². The number of carbonyl (C=O) groups is 1. The minimum atomic E-state index is -0.471. The molecule has 0 atom stereocenters. The van der Waals surface area contributed by atoms with Crippen LogP contribution in [0, 0.1) is 0 Å². The van der Waals surface area contributed by atoms with Crippen LogP contribution in [0.2, 0.25) is 0 Å². The van der Waals surface area contributed by atoms with E-state index in [0.717, 1.165) is 12.3 Å². The second-order valence-electron chi connectivity index (χ2n) is 3.97. The van der Waals surface area contributed by atoms with Crippen molar-refractivity contribution in [2.75, 3.05) is 0 Å². The number of nitrogens with zero attached hydrogens (tertiary/aromatic N) is 1. The van der Waals surface area contributed by atoms with Crippen molar-refractivity contribution in [1.82, 2.24) is 5.43 Å². The first-order valence-corrected chi connectivity index (χ1v) is 5.71. The van der Waals surface area contributed by atoms with Gasteiger partial charge in [-0.1, -0.05) is 18.2 Å². The van der Waals surface area contributed by atoms with Crippen LogP contribution in [0.15, 0.2) is 47.6 Å². The molecule has 0 aromatic heterocycles. The number of carbonyl (C=O) groups excluding carboxylic acids is 1. The molecule has 0 unspecified atom stereocenters. The fourth-order valence-electron chi connectivity index (χ4n) is 1.54. The summed E-state index contributed by atoms with van der Waals surface area (Å²) in [6.07, 6.45) is 1.12. The first kappa shape index (κ1) is 13.4. The van der Waals surface area contributed by atoms with Gasteiger partial charge in [-0.3, -0.25) is 4.79 Å². The van der Waals surface area contributed by atoms with Gasteiger partial charge in [0.25, 0.3) is 5.91 Å². The summed E-state index contributed by atoms with van der Waals surface area (Å²) in [7, 11) is 0. The van der Waals surface area contributed by atoms with Crippen LogP contribution < -0.4 is 5.43 Å². The van der Waals surface area contributed by atoms with Gasteiger partial charge in [-0.2, -0.15) is 5.10 Å². The van der Waals surface area contributed by atoms with Crippen LogP contribution in [0.1, 0.15) is 15.9 Å². The van der Waals surface area contributed by atoms with Gasteiger partial charge in [0.05, 0.1) is 6.21 Å². The summed E-state index contributed by atoms with van der Waals surface area (Å²) in [5, 5.41) is 31.8. The third-order valence-electron chi connectivity index (χ3n) is 2.51. The molecule has 0 saturated heterocycles. The quantitative estimate of drug-likeness (QED) is 0.295. The molecular weight excluding hydrogens is 260 g/mol. The number of hydrazone groups is 1. The predicted molar refractivity (Wildman–Crippen MR) is 72.9 cm³/mol. The van der Waals surface area contributed by atoms with E-state index in [9.17, 15) is 20.1 Å². The minimum absolute atomic E-state index is 0.0795. The summed E-state index contributed by atoms with van der Waals surface area (Å²) >= 11 is 0. The van der Waals surface area contributed by atoms with Crippen molar-refractivity contribution < 1.29 is 20.1 Å². The summed E-state index contributed by atoms with van der Waals surface area (Å²) in [6.45, 7) is 0. The highest BCUT2D eigenvalue weighted by Crippen LogP contribution is 2.31. The Morgan fingerprint density at radius 1 is 1.10 bits per heavy atom. The molecule has 6 nitrogen and oxygen atoms in total. The molecular formula is C14H12N2O4. The molecule has 20 heavy (non-hydrogen) atoms. The van der Waals surface area contributed by atoms with Gasteiger partial charge in [-0.25, -0.2) is 5.43 Å². The van der Waals surface area contributed by atoms with Gasteiger partial charge in [0, 0.05) is 17.2 Å². The Balaban J connectivity index is 2.10. The molecule has 6 heteroatoms. The number of phenolic OH excluding ortho intramolecular Hbond substituents is 3. The maximum absolute atomic E-state index is 11.7. The van der Waals surface area contributed by atoms with Gasteiger partial charge in [0.2, 0.25) is 0 Å². The average molecular weight is 272 g/mol. The summed E-state index contributed by atoms with van der Waals surface area (Å²) in [4.78, 5) is 11.7. The number of benzene rings is 2. The van der Waals surface area contributed by atoms with E-state index in [1.165, 1.54) is 6.07 Å². The Hall–Kier alpha value is -3.02. The first-order valence-electron chi connectivity index (χ1n) is 5.71. The molecule has 0 aliphatic heterocycles. The smallest absolute Gasteiger partial charge is 0.271 e. The number of hydrogen-bond donors (Lipinski definition) is 4. The molecule has 0 aliphatic carbocycles. The Bertz CT molecular complexity index is 654. The second kappa shape index (κ2) is 5.75. The highest BCUT2D eigenvalue weighted by molar-refractivity contribution is 5.95. The van der Waals surface area contributed by atoms with Crippen LogP contribution in [0.5, 0.6) is 17.2 Å². The van der Waals surface area contributed by atoms with Gasteiger partial charge in [-0.05, 0) is 18.2 Å². The van der Waals surface area contributed by atoms with Crippen molar-refractivity contribution >= 4 is 12.1 Å². The fourth-order valence-corrected chi connectivity index (χ4v) is 1.54. The summed E-state index contributed by atoms with van der Waals surface area (Å²) in [6, 6.07) is 10.7. The topological polar surface area (TPSA) is 102 Å². The van der Waals surface area contributed by atoms with Crippen molar-refractivity contribution in [3.63, 3.8) is 0 Å². The lowest BCUT2D eigenvalue weighted by molar-refractivity contribution is 0.0955. The van der Waals surface area contributed by atoms with E-state index in [1.54, 1.807) is 30.3 Å². The lowest BCUT2D eigenvalue weighted by atomic mass is 10.2. The lowest BCUT2D eigenvalue weighted by Gasteiger charge is -2.03. The molecule has 4 N–H and O–H groups in total. The maximum atomic E-state index is 11.7. The lowest BCUT2D eigenvalue weighted by Crippen LogP contribution is -2.17. The molecule has 2 aromatic carbocycles. The molecule has 0 saturated carbocycles. The normalized spacial score (nSPS) is 10.6. The van der Waals surface area contributed by atoms with Crippen molar-refractivity contribution in [2.24, 2.45) is 5.10 Å². The Labute approximate surface area is 114 Å². The molecule has 0 heterocycles. The molecule has 0 fully saturated rings. The third-order valence-corrected chi connectivity index (χ3v) is 2.51. The summed E-state index contributed by atoms with van der Waals surface area (Å²) in [5.41, 5.74) is 2.79. The summed E-state index contributed by atoms with van der Waals surface area (Å²) < 4.78 is 0. The molecule has 1 amide bonds. The Morgan fingerprint density at radius 3 is 2.50 bits per heavy atom. The van der Waals surface area contributed by atoms with E-state index in [0.29, 0.717) is 5.56 Å². The van der Waals surface area contributed by atoms with Gasteiger partial charge >= 0.3 is 0 Å². The van der Waals surface area contributed by atoms with Gasteiger partial charge in [0.15, 0.2) is 11.5 Å². The van der Waals surface area contributed by atoms with Crippen LogP contribution in [0.4, 0.5) is 0 Å². The monoisotopic (exact) mass is 272 g/mol. The number of rotatable bonds is 3. The van der Waals surface area contributed by atoms with E-state index in [2.05, 4.69) is 10.5 Å². The minimum Gasteiger partial charge on any atom is -0.508 e. The molecule has 102 valence electrons. The largest absolute Gasteiger partial charge is 0.508 e. The highest BCUT2D eigenvalue weighted by Gasteiger charge is 2.07. The van der Waals surface area contributed by atoms with Crippen LogP contribution in [0.25, 0.3) is 0 Å². The number of aromatic hydroxyl groups is 3. The molecule has 2 rings (SSSR count). The zero-order valence-electron chi connectivity index (χ0n) is 10.3. The van der Waals surface area contributed by atoms with Crippen LogP contribution in [-0.2, 0) is 0 Å². The third kappa shape index (κ3) is 3.05. The Morgan fingerprint density at radius 2 is 1.80 bits per heavy atom. The van der Waals surface area contributed by atoms with Crippen molar-refractivity contribution in [3.8, 4) is 17.2 Å². The van der Waals surface area contributed by atoms with Crippen LogP contribution in [0.3, 0.4) is 0 Å². The zero-order valence-corrected chi connectivity index (χ0v) is 10.3. The molecule has 0 aliphatic rings. The fraction of sp³-hybridized carbons (Fsp3) is 0. The summed E-state index contributed by atoms with van der Waals surface area (Å²) in [5.74, 6) is -1.54. The highest BCUT2D eigenvalue weighted by atomic mass is 16.3. The van der Waals surface area contributed by atoms with E-state index >= 15 is 0 Å². The van der Waals surface area contributed by atoms with E-state index in [-0.39, 0.29) is 11.3 Å². The van der Waals surface area contributed by atoms with Gasteiger partial charge in [-0.15, -0.1) is 0 Å². The molecule has 0 spiro atoms. The number of phenols is 3. The SMILES string of the molecule is O=C(NN=Cc1cc(O)cc(O)c1O)c1ccccc1. The van der Waals surface area contributed by atoms with Crippen molar-refractivity contribution in [2.45, 2.75) is 0 Å². The number of hydrogen-bond acceptors (Lipinski definition) is 5. The molecule has 2 aromatic rings. The van der Waals surface area contributed by atoms with E-state index in [1.807, 2.05) is 0 Å². The standard InChI is InChI=1S/C14H12N2O4/c17-11-6-10(13(19)12(18)7-11)8-15-16-14(20)9-4-2-1-3-5-9/h1-8,17-19H,(H,16,20). The average Bonchev–Trinajstić information content (AvgIpc) is 2.44. The Kier molecular flexibility index (Phi) is 3.85. The zero-order chi connectivity index (χ0) is 14.5. The van der Waals surface area contributed by atoms with Gasteiger partial charge in [0.1, 0.15) is 5.75 Å². The number of nitrogens with one attached hydrogen (secondary N) is 1. The first-order chi connectivity index (χ1) is 9.58. The van der Waals surface area contributed by atoms with E-state index in [4.69, 9.17) is 0 Å². The van der Waals surface area contributed by atoms with Gasteiger partial charge < -0.3 is 15.3 Å². The number of amides is 1. The van der Waals surface area contributed by atoms with Crippen LogP contribution >= 0.6 is 0 Å². The maximum Gasteiger partial charge on any atom is 0.271 e. The van der Waals surface area contributed by atoms with Crippen molar-refractivity contribution in [1.29, 1.82) is 0 Å². The molecule has 0 bridgehead atoms.